The number of rotatable bonds is 2. The van der Waals surface area contributed by atoms with Gasteiger partial charge in [-0.3, -0.25) is 4.68 Å². The molecule has 0 atom stereocenters. The van der Waals surface area contributed by atoms with Crippen molar-refractivity contribution in [3.8, 4) is 6.07 Å². The Bertz CT molecular complexity index is 558. The lowest BCUT2D eigenvalue weighted by Crippen LogP contribution is -2.05. The van der Waals surface area contributed by atoms with Crippen LogP contribution in [0.1, 0.15) is 25.0 Å². The summed E-state index contributed by atoms with van der Waals surface area (Å²) in [5.74, 6) is 0.569. The van der Waals surface area contributed by atoms with Crippen LogP contribution in [0.4, 0.5) is 0 Å². The van der Waals surface area contributed by atoms with Crippen LogP contribution in [0.2, 0.25) is 0 Å². The molecule has 16 heavy (non-hydrogen) atoms. The van der Waals surface area contributed by atoms with Gasteiger partial charge < -0.3 is 0 Å². The van der Waals surface area contributed by atoms with Gasteiger partial charge in [0.2, 0.25) is 0 Å². The molecule has 0 radical (unpaired) electrons. The first-order chi connectivity index (χ1) is 7.61. The molecule has 1 aromatic heterocycles. The number of hydrogen-bond donors (Lipinski definition) is 0. The van der Waals surface area contributed by atoms with Crippen LogP contribution in [-0.2, 0) is 6.54 Å². The average molecular weight is 213 g/mol. The summed E-state index contributed by atoms with van der Waals surface area (Å²) in [7, 11) is 0. The number of nitriles is 1. The number of benzene rings is 1. The lowest BCUT2D eigenvalue weighted by Gasteiger charge is -2.07. The number of fused-ring (bicyclic) bond motifs is 1. The van der Waals surface area contributed by atoms with Crippen molar-refractivity contribution in [1.82, 2.24) is 9.78 Å². The van der Waals surface area contributed by atoms with E-state index in [1.165, 1.54) is 0 Å². The van der Waals surface area contributed by atoms with Gasteiger partial charge in [0, 0.05) is 11.9 Å². The highest BCUT2D eigenvalue weighted by molar-refractivity contribution is 5.81. The van der Waals surface area contributed by atoms with Crippen LogP contribution in [0.5, 0.6) is 0 Å². The molecule has 0 amide bonds. The Kier molecular flexibility index (Phi) is 2.66. The molecule has 0 saturated carbocycles. The van der Waals surface area contributed by atoms with Gasteiger partial charge in [0.15, 0.2) is 0 Å². The van der Waals surface area contributed by atoms with Crippen LogP contribution >= 0.6 is 0 Å². The van der Waals surface area contributed by atoms with Gasteiger partial charge in [0.1, 0.15) is 0 Å². The largest absolute Gasteiger partial charge is 0.265 e. The zero-order valence-electron chi connectivity index (χ0n) is 9.86. The Morgan fingerprint density at radius 2 is 2.19 bits per heavy atom. The highest BCUT2D eigenvalue weighted by atomic mass is 15.3. The van der Waals surface area contributed by atoms with E-state index < -0.39 is 0 Å². The summed E-state index contributed by atoms with van der Waals surface area (Å²) in [4.78, 5) is 0. The molecular weight excluding hydrogens is 198 g/mol. The molecule has 0 spiro atoms. The van der Waals surface area contributed by atoms with Gasteiger partial charge >= 0.3 is 0 Å². The highest BCUT2D eigenvalue weighted by Gasteiger charge is 2.07. The Labute approximate surface area is 95.3 Å². The molecule has 2 aromatic rings. The predicted molar refractivity (Wildman–Crippen MR) is 64.0 cm³/mol. The highest BCUT2D eigenvalue weighted by Crippen LogP contribution is 2.19. The van der Waals surface area contributed by atoms with Crippen molar-refractivity contribution < 1.29 is 0 Å². The van der Waals surface area contributed by atoms with Crippen LogP contribution < -0.4 is 0 Å². The Morgan fingerprint density at radius 1 is 1.44 bits per heavy atom. The van der Waals surface area contributed by atoms with Gasteiger partial charge in [-0.15, -0.1) is 0 Å². The summed E-state index contributed by atoms with van der Waals surface area (Å²) >= 11 is 0. The number of aryl methyl sites for hydroxylation is 1. The van der Waals surface area contributed by atoms with Crippen LogP contribution in [-0.4, -0.2) is 9.78 Å². The predicted octanol–water partition coefficient (Wildman–Crippen LogP) is 2.87. The topological polar surface area (TPSA) is 41.6 Å². The van der Waals surface area contributed by atoms with Crippen LogP contribution in [0.3, 0.4) is 0 Å². The molecule has 0 aliphatic heterocycles. The molecule has 1 heterocycles. The second-order valence-corrected chi connectivity index (χ2v) is 4.56. The summed E-state index contributed by atoms with van der Waals surface area (Å²) in [6, 6.07) is 6.16. The average Bonchev–Trinajstić information content (AvgIpc) is 2.59. The number of nitrogens with zero attached hydrogens (tertiary/aromatic N) is 3. The maximum atomic E-state index is 8.95. The summed E-state index contributed by atoms with van der Waals surface area (Å²) in [5, 5.41) is 14.4. The van der Waals surface area contributed by atoms with Crippen LogP contribution in [0.25, 0.3) is 10.9 Å². The maximum absolute atomic E-state index is 8.95. The van der Waals surface area contributed by atoms with Crippen molar-refractivity contribution in [3.05, 3.63) is 29.5 Å². The minimum atomic E-state index is 0.569. The van der Waals surface area contributed by atoms with E-state index in [1.807, 2.05) is 29.9 Å². The van der Waals surface area contributed by atoms with Gasteiger partial charge in [0.25, 0.3) is 0 Å². The molecule has 0 aliphatic rings. The quantitative estimate of drug-likeness (QED) is 0.769. The number of aromatic nitrogens is 2. The summed E-state index contributed by atoms with van der Waals surface area (Å²) in [6.45, 7) is 7.22. The van der Waals surface area contributed by atoms with Gasteiger partial charge in [-0.2, -0.15) is 10.4 Å². The summed E-state index contributed by atoms with van der Waals surface area (Å²) in [6.07, 6.45) is 1.83. The van der Waals surface area contributed by atoms with Gasteiger partial charge in [-0.25, -0.2) is 0 Å². The molecule has 1 aromatic carbocycles. The molecule has 0 aliphatic carbocycles. The molecular formula is C13H15N3. The Balaban J connectivity index is 2.57. The molecule has 0 N–H and O–H groups in total. The fraction of sp³-hybridized carbons (Fsp3) is 0.385. The normalized spacial score (nSPS) is 10.9. The third kappa shape index (κ3) is 1.79. The van der Waals surface area contributed by atoms with E-state index in [-0.39, 0.29) is 0 Å². The van der Waals surface area contributed by atoms with Gasteiger partial charge in [0.05, 0.1) is 23.3 Å². The third-order valence-electron chi connectivity index (χ3n) is 2.65. The van der Waals surface area contributed by atoms with Crippen LogP contribution in [0, 0.1) is 24.2 Å². The standard InChI is InChI=1S/C13H15N3/c1-9(2)8-16-13-4-10(3)11(6-14)5-12(13)7-15-16/h4-5,7,9H,8H2,1-3H3. The second kappa shape index (κ2) is 3.97. The first-order valence-electron chi connectivity index (χ1n) is 5.48. The molecule has 0 bridgehead atoms. The smallest absolute Gasteiger partial charge is 0.0994 e. The molecule has 0 saturated heterocycles. The molecule has 0 fully saturated rings. The number of hydrogen-bond acceptors (Lipinski definition) is 2. The fourth-order valence-electron chi connectivity index (χ4n) is 1.84. The summed E-state index contributed by atoms with van der Waals surface area (Å²) in [5.41, 5.74) is 2.86. The first-order valence-corrected chi connectivity index (χ1v) is 5.48. The molecule has 3 nitrogen and oxygen atoms in total. The first kappa shape index (κ1) is 10.7. The van der Waals surface area contributed by atoms with Crippen molar-refractivity contribution in [2.75, 3.05) is 0 Å². The van der Waals surface area contributed by atoms with E-state index in [2.05, 4.69) is 25.0 Å². The molecule has 82 valence electrons. The zero-order valence-corrected chi connectivity index (χ0v) is 9.86. The SMILES string of the molecule is Cc1cc2c(cnn2CC(C)C)cc1C#N. The lowest BCUT2D eigenvalue weighted by atomic mass is 10.1. The lowest BCUT2D eigenvalue weighted by molar-refractivity contribution is 0.495. The van der Waals surface area contributed by atoms with E-state index in [0.29, 0.717) is 5.92 Å². The van der Waals surface area contributed by atoms with E-state index in [1.54, 1.807) is 0 Å². The molecule has 3 heteroatoms. The van der Waals surface area contributed by atoms with E-state index >= 15 is 0 Å². The third-order valence-corrected chi connectivity index (χ3v) is 2.65. The molecule has 2 rings (SSSR count). The molecule has 0 unspecified atom stereocenters. The van der Waals surface area contributed by atoms with E-state index in [0.717, 1.165) is 28.6 Å². The van der Waals surface area contributed by atoms with Crippen molar-refractivity contribution in [2.24, 2.45) is 5.92 Å². The van der Waals surface area contributed by atoms with Crippen molar-refractivity contribution in [2.45, 2.75) is 27.3 Å². The van der Waals surface area contributed by atoms with Crippen molar-refractivity contribution in [3.63, 3.8) is 0 Å². The van der Waals surface area contributed by atoms with Gasteiger partial charge in [-0.05, 0) is 30.5 Å². The minimum absolute atomic E-state index is 0.569. The zero-order chi connectivity index (χ0) is 11.7. The minimum Gasteiger partial charge on any atom is -0.265 e. The van der Waals surface area contributed by atoms with Crippen molar-refractivity contribution >= 4 is 10.9 Å². The Morgan fingerprint density at radius 3 is 2.81 bits per heavy atom. The fourth-order valence-corrected chi connectivity index (χ4v) is 1.84. The van der Waals surface area contributed by atoms with E-state index in [9.17, 15) is 0 Å². The summed E-state index contributed by atoms with van der Waals surface area (Å²) < 4.78 is 2.01. The van der Waals surface area contributed by atoms with Crippen molar-refractivity contribution in [1.29, 1.82) is 5.26 Å². The van der Waals surface area contributed by atoms with Crippen LogP contribution in [0.15, 0.2) is 18.3 Å². The second-order valence-electron chi connectivity index (χ2n) is 4.56. The van der Waals surface area contributed by atoms with Gasteiger partial charge in [-0.1, -0.05) is 13.8 Å². The Hall–Kier alpha value is -1.82. The monoisotopic (exact) mass is 213 g/mol. The maximum Gasteiger partial charge on any atom is 0.0994 e. The van der Waals surface area contributed by atoms with E-state index in [4.69, 9.17) is 5.26 Å².